The summed E-state index contributed by atoms with van der Waals surface area (Å²) in [4.78, 5) is 12.0. The number of nitrogens with zero attached hydrogens (tertiary/aromatic N) is 3. The molecule has 1 heterocycles. The third-order valence-electron chi connectivity index (χ3n) is 2.69. The van der Waals surface area contributed by atoms with Crippen LogP contribution < -0.4 is 10.5 Å². The van der Waals surface area contributed by atoms with Gasteiger partial charge in [-0.05, 0) is 31.5 Å². The fourth-order valence-corrected chi connectivity index (χ4v) is 2.52. The van der Waals surface area contributed by atoms with Crippen LogP contribution in [0.2, 0.25) is 0 Å². The molecule has 0 aliphatic heterocycles. The van der Waals surface area contributed by atoms with Crippen molar-refractivity contribution < 1.29 is 17.9 Å². The van der Waals surface area contributed by atoms with E-state index in [1.54, 1.807) is 6.92 Å². The van der Waals surface area contributed by atoms with E-state index in [0.717, 1.165) is 12.1 Å². The number of nitrogen functional groups attached to an aromatic ring is 1. The number of rotatable bonds is 6. The minimum Gasteiger partial charge on any atom is -0.494 e. The van der Waals surface area contributed by atoms with E-state index in [2.05, 4.69) is 15.0 Å². The summed E-state index contributed by atoms with van der Waals surface area (Å²) < 4.78 is 43.1. The third-order valence-corrected chi connectivity index (χ3v) is 3.63. The molecule has 0 bridgehead atoms. The maximum absolute atomic E-state index is 12.6. The average molecular weight is 344 g/mol. The Balaban J connectivity index is 1.77. The molecule has 5 nitrogen and oxygen atoms in total. The number of hydrogen-bond donors (Lipinski definition) is 1. The summed E-state index contributed by atoms with van der Waals surface area (Å²) in [5.41, 5.74) is 4.80. The van der Waals surface area contributed by atoms with Crippen molar-refractivity contribution in [1.29, 1.82) is 0 Å². The van der Waals surface area contributed by atoms with Crippen LogP contribution in [0.1, 0.15) is 17.8 Å². The number of alkyl halides is 3. The van der Waals surface area contributed by atoms with Gasteiger partial charge in [-0.3, -0.25) is 0 Å². The van der Waals surface area contributed by atoms with Gasteiger partial charge in [0.2, 0.25) is 5.95 Å². The standard InChI is InChI=1S/C14H15F3N4OS/c1-9-19-12(18)21-13(20-9)23-7-3-6-22-11-5-2-4-10(8-11)14(15,16)17/h2,4-5,8H,3,6-7H2,1H3,(H2,18,19,20,21). The zero-order valence-corrected chi connectivity index (χ0v) is 13.1. The fraction of sp³-hybridized carbons (Fsp3) is 0.357. The second-order valence-corrected chi connectivity index (χ2v) is 5.66. The molecule has 0 unspecified atom stereocenters. The number of aryl methyl sites for hydroxylation is 1. The first-order valence-corrected chi connectivity index (χ1v) is 7.74. The predicted octanol–water partition coefficient (Wildman–Crippen LogP) is 3.34. The molecule has 0 aliphatic rings. The summed E-state index contributed by atoms with van der Waals surface area (Å²) in [5.74, 6) is 1.56. The van der Waals surface area contributed by atoms with E-state index in [1.807, 2.05) is 0 Å². The first-order chi connectivity index (χ1) is 10.8. The number of halogens is 3. The van der Waals surface area contributed by atoms with Gasteiger partial charge in [-0.15, -0.1) is 0 Å². The summed E-state index contributed by atoms with van der Waals surface area (Å²) in [6, 6.07) is 4.82. The lowest BCUT2D eigenvalue weighted by Gasteiger charge is -2.10. The fourth-order valence-electron chi connectivity index (χ4n) is 1.72. The molecule has 0 fully saturated rings. The molecule has 0 atom stereocenters. The smallest absolute Gasteiger partial charge is 0.416 e. The summed E-state index contributed by atoms with van der Waals surface area (Å²) >= 11 is 1.39. The van der Waals surface area contributed by atoms with Gasteiger partial charge in [-0.1, -0.05) is 17.8 Å². The van der Waals surface area contributed by atoms with E-state index in [4.69, 9.17) is 10.5 Å². The van der Waals surface area contributed by atoms with Crippen LogP contribution in [0.15, 0.2) is 29.4 Å². The normalized spacial score (nSPS) is 11.5. The summed E-state index contributed by atoms with van der Waals surface area (Å²) in [6.07, 6.45) is -3.74. The Labute approximate surface area is 135 Å². The Bertz CT molecular complexity index is 646. The maximum Gasteiger partial charge on any atom is 0.416 e. The van der Waals surface area contributed by atoms with Gasteiger partial charge < -0.3 is 10.5 Å². The molecule has 9 heteroatoms. The van der Waals surface area contributed by atoms with Crippen LogP contribution in [0.25, 0.3) is 0 Å². The van der Waals surface area contributed by atoms with Gasteiger partial charge in [0.25, 0.3) is 0 Å². The highest BCUT2D eigenvalue weighted by molar-refractivity contribution is 7.99. The zero-order valence-electron chi connectivity index (χ0n) is 12.3. The van der Waals surface area contributed by atoms with Gasteiger partial charge in [0.05, 0.1) is 12.2 Å². The number of ether oxygens (including phenoxy) is 1. The molecule has 0 saturated heterocycles. The summed E-state index contributed by atoms with van der Waals surface area (Å²) in [5, 5.41) is 0.522. The number of thioether (sulfide) groups is 1. The van der Waals surface area contributed by atoms with Crippen molar-refractivity contribution >= 4 is 17.7 Å². The third kappa shape index (κ3) is 5.59. The van der Waals surface area contributed by atoms with Crippen molar-refractivity contribution in [3.63, 3.8) is 0 Å². The molecule has 1 aromatic heterocycles. The van der Waals surface area contributed by atoms with Gasteiger partial charge in [0.1, 0.15) is 11.6 Å². The number of aromatic nitrogens is 3. The van der Waals surface area contributed by atoms with E-state index < -0.39 is 11.7 Å². The van der Waals surface area contributed by atoms with Gasteiger partial charge >= 0.3 is 6.18 Å². The van der Waals surface area contributed by atoms with Gasteiger partial charge in [-0.2, -0.15) is 23.1 Å². The van der Waals surface area contributed by atoms with E-state index in [1.165, 1.54) is 23.9 Å². The second kappa shape index (κ2) is 7.49. The molecule has 1 aromatic carbocycles. The molecule has 0 aliphatic carbocycles. The van der Waals surface area contributed by atoms with E-state index in [0.29, 0.717) is 29.8 Å². The van der Waals surface area contributed by atoms with Crippen molar-refractivity contribution in [3.05, 3.63) is 35.7 Å². The van der Waals surface area contributed by atoms with Crippen LogP contribution in [0, 0.1) is 6.92 Å². The van der Waals surface area contributed by atoms with Gasteiger partial charge in [-0.25, -0.2) is 4.98 Å². The summed E-state index contributed by atoms with van der Waals surface area (Å²) in [7, 11) is 0. The Hall–Kier alpha value is -2.03. The number of hydrogen-bond acceptors (Lipinski definition) is 6. The molecule has 0 amide bonds. The first-order valence-electron chi connectivity index (χ1n) is 6.75. The lowest BCUT2D eigenvalue weighted by atomic mass is 10.2. The molecule has 0 radical (unpaired) electrons. The minimum atomic E-state index is -4.37. The summed E-state index contributed by atoms with van der Waals surface area (Å²) in [6.45, 7) is 2.02. The van der Waals surface area contributed by atoms with Gasteiger partial charge in [0.15, 0.2) is 5.16 Å². The molecule has 124 valence electrons. The molecule has 2 N–H and O–H groups in total. The highest BCUT2D eigenvalue weighted by atomic mass is 32.2. The van der Waals surface area contributed by atoms with Crippen LogP contribution >= 0.6 is 11.8 Å². The van der Waals surface area contributed by atoms with Crippen LogP contribution in [-0.2, 0) is 6.18 Å². The van der Waals surface area contributed by atoms with E-state index >= 15 is 0 Å². The first kappa shape index (κ1) is 17.3. The molecule has 2 aromatic rings. The van der Waals surface area contributed by atoms with Crippen molar-refractivity contribution in [2.24, 2.45) is 0 Å². The Morgan fingerprint density at radius 2 is 2.00 bits per heavy atom. The predicted molar refractivity (Wildman–Crippen MR) is 81.3 cm³/mol. The van der Waals surface area contributed by atoms with Crippen molar-refractivity contribution in [3.8, 4) is 5.75 Å². The molecule has 2 rings (SSSR count). The van der Waals surface area contributed by atoms with Crippen LogP contribution in [0.3, 0.4) is 0 Å². The van der Waals surface area contributed by atoms with Crippen molar-refractivity contribution in [2.45, 2.75) is 24.7 Å². The van der Waals surface area contributed by atoms with Gasteiger partial charge in [0, 0.05) is 5.75 Å². The number of anilines is 1. The zero-order chi connectivity index (χ0) is 16.9. The van der Waals surface area contributed by atoms with Crippen LogP contribution in [0.4, 0.5) is 19.1 Å². The SMILES string of the molecule is Cc1nc(N)nc(SCCCOc2cccc(C(F)(F)F)c2)n1. The largest absolute Gasteiger partial charge is 0.494 e. The maximum atomic E-state index is 12.6. The second-order valence-electron chi connectivity index (χ2n) is 4.60. The number of nitrogens with two attached hydrogens (primary N) is 1. The van der Waals surface area contributed by atoms with Crippen molar-refractivity contribution in [1.82, 2.24) is 15.0 Å². The highest BCUT2D eigenvalue weighted by Crippen LogP contribution is 2.31. The molecule has 0 saturated carbocycles. The van der Waals surface area contributed by atoms with Crippen LogP contribution in [-0.4, -0.2) is 27.3 Å². The highest BCUT2D eigenvalue weighted by Gasteiger charge is 2.30. The molecule has 0 spiro atoms. The average Bonchev–Trinajstić information content (AvgIpc) is 2.45. The quantitative estimate of drug-likeness (QED) is 0.640. The molecular weight excluding hydrogens is 329 g/mol. The lowest BCUT2D eigenvalue weighted by molar-refractivity contribution is -0.137. The Morgan fingerprint density at radius 3 is 2.70 bits per heavy atom. The van der Waals surface area contributed by atoms with Crippen molar-refractivity contribution in [2.75, 3.05) is 18.1 Å². The van der Waals surface area contributed by atoms with E-state index in [-0.39, 0.29) is 11.7 Å². The lowest BCUT2D eigenvalue weighted by Crippen LogP contribution is -2.06. The topological polar surface area (TPSA) is 73.9 Å². The monoisotopic (exact) mass is 344 g/mol. The Kier molecular flexibility index (Phi) is 5.64. The minimum absolute atomic E-state index is 0.167. The number of benzene rings is 1. The van der Waals surface area contributed by atoms with E-state index in [9.17, 15) is 13.2 Å². The molecule has 23 heavy (non-hydrogen) atoms. The Morgan fingerprint density at radius 1 is 1.22 bits per heavy atom. The van der Waals surface area contributed by atoms with Crippen LogP contribution in [0.5, 0.6) is 5.75 Å². The molecular formula is C14H15F3N4OS.